The highest BCUT2D eigenvalue weighted by Crippen LogP contribution is 2.36. The lowest BCUT2D eigenvalue weighted by atomic mass is 10.1. The zero-order chi connectivity index (χ0) is 17.6. The molecule has 1 aromatic heterocycles. The van der Waals surface area contributed by atoms with E-state index in [-0.39, 0.29) is 10.4 Å². The molecule has 134 valence electrons. The lowest BCUT2D eigenvalue weighted by Crippen LogP contribution is -2.53. The number of amides is 1. The summed E-state index contributed by atoms with van der Waals surface area (Å²) in [5.74, 6) is -0.173. The van der Waals surface area contributed by atoms with Crippen LogP contribution in [-0.2, 0) is 11.0 Å². The van der Waals surface area contributed by atoms with Gasteiger partial charge in [-0.3, -0.25) is 14.4 Å². The van der Waals surface area contributed by atoms with E-state index >= 15 is 0 Å². The van der Waals surface area contributed by atoms with Crippen LogP contribution < -0.4 is 0 Å². The van der Waals surface area contributed by atoms with Gasteiger partial charge >= 0.3 is 6.18 Å². The molecule has 0 N–H and O–H groups in total. The maximum absolute atomic E-state index is 13.0. The highest BCUT2D eigenvalue weighted by atomic mass is 79.9. The maximum atomic E-state index is 13.0. The van der Waals surface area contributed by atoms with Crippen LogP contribution in [-0.4, -0.2) is 57.7 Å². The molecule has 5 nitrogen and oxygen atoms in total. The van der Waals surface area contributed by atoms with E-state index in [1.807, 2.05) is 0 Å². The van der Waals surface area contributed by atoms with Crippen LogP contribution in [0.3, 0.4) is 0 Å². The second kappa shape index (κ2) is 6.33. The predicted molar refractivity (Wildman–Crippen MR) is 85.6 cm³/mol. The summed E-state index contributed by atoms with van der Waals surface area (Å²) in [6.45, 7) is 6.31. The highest BCUT2D eigenvalue weighted by molar-refractivity contribution is 9.10. The smallest absolute Gasteiger partial charge is 0.338 e. The van der Waals surface area contributed by atoms with Gasteiger partial charge in [-0.15, -0.1) is 0 Å². The molecule has 2 saturated heterocycles. The number of rotatable bonds is 2. The van der Waals surface area contributed by atoms with E-state index in [1.54, 1.807) is 11.8 Å². The van der Waals surface area contributed by atoms with E-state index in [0.29, 0.717) is 24.8 Å². The number of alkyl halides is 3. The van der Waals surface area contributed by atoms with Crippen LogP contribution in [0.2, 0.25) is 0 Å². The van der Waals surface area contributed by atoms with Gasteiger partial charge in [0.15, 0.2) is 5.69 Å². The fraction of sp³-hybridized carbons (Fsp3) is 0.733. The monoisotopic (exact) mass is 408 g/mol. The zero-order valence-electron chi connectivity index (χ0n) is 13.6. The first kappa shape index (κ1) is 17.7. The van der Waals surface area contributed by atoms with Gasteiger partial charge in [0, 0.05) is 25.7 Å². The summed E-state index contributed by atoms with van der Waals surface area (Å²) >= 11 is 2.95. The Morgan fingerprint density at radius 3 is 2.67 bits per heavy atom. The topological polar surface area (TPSA) is 41.4 Å². The van der Waals surface area contributed by atoms with Crippen molar-refractivity contribution in [3.63, 3.8) is 0 Å². The lowest BCUT2D eigenvalue weighted by molar-refractivity contribution is -0.143. The molecule has 3 heterocycles. The van der Waals surface area contributed by atoms with Crippen molar-refractivity contribution in [2.45, 2.75) is 44.9 Å². The molecular formula is C15H20BrF3N4O. The van der Waals surface area contributed by atoms with Gasteiger partial charge in [-0.2, -0.15) is 18.3 Å². The number of aromatic nitrogens is 2. The summed E-state index contributed by atoms with van der Waals surface area (Å²) in [5, 5.41) is 3.65. The summed E-state index contributed by atoms with van der Waals surface area (Å²) < 4.78 is 40.1. The maximum Gasteiger partial charge on any atom is 0.436 e. The highest BCUT2D eigenvalue weighted by Gasteiger charge is 2.40. The Balaban J connectivity index is 1.79. The molecule has 0 bridgehead atoms. The van der Waals surface area contributed by atoms with Gasteiger partial charge in [0.2, 0.25) is 5.91 Å². The first-order chi connectivity index (χ1) is 11.2. The number of hydrogen-bond donors (Lipinski definition) is 0. The average molecular weight is 409 g/mol. The summed E-state index contributed by atoms with van der Waals surface area (Å²) in [7, 11) is 0. The van der Waals surface area contributed by atoms with E-state index in [2.05, 4.69) is 25.9 Å². The Morgan fingerprint density at radius 2 is 2.04 bits per heavy atom. The molecule has 2 aliphatic rings. The van der Waals surface area contributed by atoms with Crippen LogP contribution in [0.1, 0.15) is 37.2 Å². The summed E-state index contributed by atoms with van der Waals surface area (Å²) in [5.41, 5.74) is -0.678. The standard InChI is InChI=1S/C15H20BrF3N4O/c1-9-12(16)13(15(17,18)19)20-23(9)10(2)14(24)22-7-6-21-5-3-4-11(21)8-22/h10-11H,3-8H2,1-2H3/t10-,11-/m0/s1. The van der Waals surface area contributed by atoms with Crippen LogP contribution in [0.5, 0.6) is 0 Å². The summed E-state index contributed by atoms with van der Waals surface area (Å²) in [6.07, 6.45) is -2.34. The number of halogens is 4. The number of nitrogens with zero attached hydrogens (tertiary/aromatic N) is 4. The van der Waals surface area contributed by atoms with Gasteiger partial charge in [-0.1, -0.05) is 0 Å². The quantitative estimate of drug-likeness (QED) is 0.755. The van der Waals surface area contributed by atoms with Crippen molar-refractivity contribution >= 4 is 21.8 Å². The van der Waals surface area contributed by atoms with Crippen LogP contribution in [0.15, 0.2) is 4.47 Å². The molecule has 9 heteroatoms. The van der Waals surface area contributed by atoms with Crippen LogP contribution in [0.25, 0.3) is 0 Å². The summed E-state index contributed by atoms with van der Waals surface area (Å²) in [4.78, 5) is 16.9. The van der Waals surface area contributed by atoms with Crippen molar-refractivity contribution in [1.29, 1.82) is 0 Å². The zero-order valence-corrected chi connectivity index (χ0v) is 15.2. The average Bonchev–Trinajstić information content (AvgIpc) is 3.10. The van der Waals surface area contributed by atoms with Crippen LogP contribution in [0.4, 0.5) is 13.2 Å². The van der Waals surface area contributed by atoms with Crippen molar-refractivity contribution in [2.24, 2.45) is 0 Å². The van der Waals surface area contributed by atoms with Crippen LogP contribution in [0, 0.1) is 6.92 Å². The largest absolute Gasteiger partial charge is 0.436 e. The molecule has 2 aliphatic heterocycles. The molecule has 24 heavy (non-hydrogen) atoms. The molecule has 0 radical (unpaired) electrons. The molecular weight excluding hydrogens is 389 g/mol. The Bertz CT molecular complexity index is 645. The van der Waals surface area contributed by atoms with Crippen molar-refractivity contribution < 1.29 is 18.0 Å². The van der Waals surface area contributed by atoms with E-state index in [1.165, 1.54) is 11.6 Å². The van der Waals surface area contributed by atoms with Crippen molar-refractivity contribution in [3.05, 3.63) is 15.9 Å². The molecule has 0 aliphatic carbocycles. The first-order valence-corrected chi connectivity index (χ1v) is 8.84. The van der Waals surface area contributed by atoms with E-state index < -0.39 is 17.9 Å². The van der Waals surface area contributed by atoms with Crippen molar-refractivity contribution in [3.8, 4) is 0 Å². The normalized spacial score (nSPS) is 23.4. The number of carbonyl (C=O) groups excluding carboxylic acids is 1. The second-order valence-electron chi connectivity index (χ2n) is 6.48. The molecule has 0 spiro atoms. The van der Waals surface area contributed by atoms with Gasteiger partial charge in [-0.05, 0) is 49.2 Å². The SMILES string of the molecule is Cc1c(Br)c(C(F)(F)F)nn1[C@@H](C)C(=O)N1CCN2CCC[C@H]2C1. The molecule has 0 aromatic carbocycles. The Hall–Kier alpha value is -1.09. The van der Waals surface area contributed by atoms with Gasteiger partial charge in [0.1, 0.15) is 6.04 Å². The number of fused-ring (bicyclic) bond motifs is 1. The fourth-order valence-corrected chi connectivity index (χ4v) is 4.10. The minimum Gasteiger partial charge on any atom is -0.338 e. The number of hydrogen-bond acceptors (Lipinski definition) is 3. The molecule has 3 rings (SSSR count). The molecule has 0 unspecified atom stereocenters. The van der Waals surface area contributed by atoms with Crippen LogP contribution >= 0.6 is 15.9 Å². The molecule has 1 aromatic rings. The van der Waals surface area contributed by atoms with E-state index in [0.717, 1.165) is 25.9 Å². The predicted octanol–water partition coefficient (Wildman–Crippen LogP) is 2.84. The first-order valence-electron chi connectivity index (χ1n) is 8.04. The van der Waals surface area contributed by atoms with Gasteiger partial charge in [0.05, 0.1) is 10.2 Å². The third-order valence-electron chi connectivity index (χ3n) is 4.97. The minimum absolute atomic E-state index is 0.102. The minimum atomic E-state index is -4.55. The third-order valence-corrected chi connectivity index (χ3v) is 5.92. The number of piperazine rings is 1. The van der Waals surface area contributed by atoms with E-state index in [4.69, 9.17) is 0 Å². The molecule has 1 amide bonds. The van der Waals surface area contributed by atoms with Crippen molar-refractivity contribution in [2.75, 3.05) is 26.2 Å². The second-order valence-corrected chi connectivity index (χ2v) is 7.28. The Labute approximate surface area is 146 Å². The number of carbonyl (C=O) groups is 1. The fourth-order valence-electron chi connectivity index (χ4n) is 3.62. The molecule has 2 atom stereocenters. The Kier molecular flexibility index (Phi) is 4.67. The molecule has 2 fully saturated rings. The van der Waals surface area contributed by atoms with Gasteiger partial charge < -0.3 is 4.90 Å². The van der Waals surface area contributed by atoms with E-state index in [9.17, 15) is 18.0 Å². The summed E-state index contributed by atoms with van der Waals surface area (Å²) in [6, 6.07) is -0.378. The van der Waals surface area contributed by atoms with Gasteiger partial charge in [-0.25, -0.2) is 0 Å². The Morgan fingerprint density at radius 1 is 1.33 bits per heavy atom. The third kappa shape index (κ3) is 3.08. The van der Waals surface area contributed by atoms with Crippen molar-refractivity contribution in [1.82, 2.24) is 19.6 Å². The van der Waals surface area contributed by atoms with Gasteiger partial charge in [0.25, 0.3) is 0 Å². The molecule has 0 saturated carbocycles. The lowest BCUT2D eigenvalue weighted by Gasteiger charge is -2.38.